The van der Waals surface area contributed by atoms with Crippen LogP contribution in [0.2, 0.25) is 0 Å². The van der Waals surface area contributed by atoms with Gasteiger partial charge < -0.3 is 4.40 Å². The zero-order chi connectivity index (χ0) is 21.1. The smallest absolute Gasteiger partial charge is 0.201 e. The molecule has 0 atom stereocenters. The van der Waals surface area contributed by atoms with Crippen LogP contribution < -0.4 is 0 Å². The molecule has 0 fully saturated rings. The van der Waals surface area contributed by atoms with Gasteiger partial charge in [0, 0.05) is 16.3 Å². The first-order valence-corrected chi connectivity index (χ1v) is 9.73. The van der Waals surface area contributed by atoms with Gasteiger partial charge in [-0.05, 0) is 39.7 Å². The fourth-order valence-electron chi connectivity index (χ4n) is 4.73. The highest BCUT2D eigenvalue weighted by atomic mass is 14.9. The number of hydrogen-bond acceptors (Lipinski definition) is 0. The van der Waals surface area contributed by atoms with Crippen molar-refractivity contribution in [3.63, 3.8) is 0 Å². The molecule has 0 spiro atoms. The molecule has 0 aliphatic carbocycles. The fraction of sp³-hybridized carbons (Fsp3) is 0. The molecule has 31 heavy (non-hydrogen) atoms. The number of nitrogens with zero attached hydrogens (tertiary/aromatic N) is 4. The van der Waals surface area contributed by atoms with Gasteiger partial charge in [-0.2, -0.15) is 0 Å². The molecule has 6 aromatic rings. The first-order chi connectivity index (χ1) is 15.3. The highest BCUT2D eigenvalue weighted by molar-refractivity contribution is 6.29. The minimum Gasteiger partial charge on any atom is -0.311 e. The van der Waals surface area contributed by atoms with Crippen molar-refractivity contribution in [1.82, 2.24) is 4.40 Å². The van der Waals surface area contributed by atoms with Crippen molar-refractivity contribution in [2.24, 2.45) is 0 Å². The second-order valence-corrected chi connectivity index (χ2v) is 7.46. The number of rotatable bonds is 0. The van der Waals surface area contributed by atoms with Crippen molar-refractivity contribution >= 4 is 65.9 Å². The summed E-state index contributed by atoms with van der Waals surface area (Å²) in [5.74, 6) is 0. The minimum atomic E-state index is 0.127. The highest BCUT2D eigenvalue weighted by Crippen LogP contribution is 2.49. The Morgan fingerprint density at radius 2 is 1.29 bits per heavy atom. The average molecular weight is 392 g/mol. The van der Waals surface area contributed by atoms with Crippen molar-refractivity contribution in [2.45, 2.75) is 0 Å². The SMILES string of the molecule is [C-]#[N+]c1cc2c(c([N+]#[C-])c1[N+]#[C-])c1c3ccccc3ccc1c1cc3ccccc3n12. The molecule has 0 N–H and O–H groups in total. The molecule has 6 rings (SSSR count). The molecule has 0 aliphatic heterocycles. The Hall–Kier alpha value is -4.85. The van der Waals surface area contributed by atoms with Crippen LogP contribution in [0.3, 0.4) is 0 Å². The Morgan fingerprint density at radius 3 is 2.06 bits per heavy atom. The lowest BCUT2D eigenvalue weighted by molar-refractivity contribution is 1.35. The molecule has 0 amide bonds. The number of para-hydroxylation sites is 1. The van der Waals surface area contributed by atoms with Crippen molar-refractivity contribution in [2.75, 3.05) is 0 Å². The summed E-state index contributed by atoms with van der Waals surface area (Å²) < 4.78 is 2.12. The van der Waals surface area contributed by atoms with Gasteiger partial charge in [0.05, 0.1) is 30.7 Å². The maximum atomic E-state index is 7.93. The van der Waals surface area contributed by atoms with Gasteiger partial charge >= 0.3 is 0 Å². The molecule has 140 valence electrons. The van der Waals surface area contributed by atoms with E-state index in [1.54, 1.807) is 6.07 Å². The summed E-state index contributed by atoms with van der Waals surface area (Å²) in [6.07, 6.45) is 0. The Balaban J connectivity index is 2.10. The third-order valence-corrected chi connectivity index (χ3v) is 5.98. The zero-order valence-electron chi connectivity index (χ0n) is 16.2. The summed E-state index contributed by atoms with van der Waals surface area (Å²) >= 11 is 0. The van der Waals surface area contributed by atoms with Crippen LogP contribution in [0.15, 0.2) is 72.8 Å². The van der Waals surface area contributed by atoms with Crippen LogP contribution >= 0.6 is 0 Å². The van der Waals surface area contributed by atoms with E-state index in [9.17, 15) is 0 Å². The number of fused-ring (bicyclic) bond motifs is 10. The predicted molar refractivity (Wildman–Crippen MR) is 126 cm³/mol. The minimum absolute atomic E-state index is 0.127. The lowest BCUT2D eigenvalue weighted by Gasteiger charge is -2.15. The van der Waals surface area contributed by atoms with Crippen molar-refractivity contribution < 1.29 is 0 Å². The summed E-state index contributed by atoms with van der Waals surface area (Å²) in [4.78, 5) is 11.0. The predicted octanol–water partition coefficient (Wildman–Crippen LogP) is 8.20. The second-order valence-electron chi connectivity index (χ2n) is 7.46. The number of benzene rings is 4. The van der Waals surface area contributed by atoms with Gasteiger partial charge in [0.15, 0.2) is 11.4 Å². The molecule has 4 heteroatoms. The zero-order valence-corrected chi connectivity index (χ0v) is 16.2. The maximum Gasteiger partial charge on any atom is 0.201 e. The van der Waals surface area contributed by atoms with Gasteiger partial charge in [-0.25, -0.2) is 0 Å². The summed E-state index contributed by atoms with van der Waals surface area (Å²) in [5.41, 5.74) is 3.41. The number of hydrogen-bond donors (Lipinski definition) is 0. The van der Waals surface area contributed by atoms with E-state index in [1.165, 1.54) is 0 Å². The molecular formula is C27H12N4. The first kappa shape index (κ1) is 17.0. The normalized spacial score (nSPS) is 11.1. The van der Waals surface area contributed by atoms with Gasteiger partial charge in [0.2, 0.25) is 5.69 Å². The van der Waals surface area contributed by atoms with E-state index in [1.807, 2.05) is 30.3 Å². The van der Waals surface area contributed by atoms with E-state index >= 15 is 0 Å². The van der Waals surface area contributed by atoms with Gasteiger partial charge in [-0.1, -0.05) is 54.6 Å². The van der Waals surface area contributed by atoms with E-state index < -0.39 is 0 Å². The summed E-state index contributed by atoms with van der Waals surface area (Å²) in [6.45, 7) is 23.2. The fourth-order valence-corrected chi connectivity index (χ4v) is 4.73. The standard InChI is InChI=1S/C27H12N4/c1-28-20-15-23-25(27(30-3)26(20)29-2)24-18-10-6-4-8-16(18)12-13-19(24)22-14-17-9-5-7-11-21(17)31(22)23/h4-15H. The molecule has 0 saturated carbocycles. The molecule has 2 aromatic heterocycles. The van der Waals surface area contributed by atoms with Crippen molar-refractivity contribution in [3.8, 4) is 0 Å². The van der Waals surface area contributed by atoms with E-state index in [0.717, 1.165) is 48.9 Å². The van der Waals surface area contributed by atoms with Crippen LogP contribution in [0.5, 0.6) is 0 Å². The van der Waals surface area contributed by atoms with Crippen LogP contribution in [-0.4, -0.2) is 4.40 Å². The lowest BCUT2D eigenvalue weighted by Crippen LogP contribution is -1.92. The third-order valence-electron chi connectivity index (χ3n) is 5.98. The third kappa shape index (κ3) is 2.10. The van der Waals surface area contributed by atoms with E-state index in [0.29, 0.717) is 0 Å². The molecule has 0 bridgehead atoms. The van der Waals surface area contributed by atoms with Gasteiger partial charge in [0.25, 0.3) is 0 Å². The number of aromatic nitrogens is 1. The van der Waals surface area contributed by atoms with E-state index in [-0.39, 0.29) is 17.1 Å². The lowest BCUT2D eigenvalue weighted by atomic mass is 9.96. The van der Waals surface area contributed by atoms with Gasteiger partial charge in [-0.15, -0.1) is 0 Å². The average Bonchev–Trinajstić information content (AvgIpc) is 3.22. The largest absolute Gasteiger partial charge is 0.311 e. The molecule has 0 saturated heterocycles. The number of pyridine rings is 1. The summed E-state index contributed by atoms with van der Waals surface area (Å²) in [5, 5.41) is 5.91. The molecule has 4 nitrogen and oxygen atoms in total. The molecule has 4 aromatic carbocycles. The molecule has 0 aliphatic rings. The quantitative estimate of drug-likeness (QED) is 0.183. The topological polar surface area (TPSA) is 17.5 Å². The molecule has 0 radical (unpaired) electrons. The summed E-state index contributed by atoms with van der Waals surface area (Å²) in [7, 11) is 0. The maximum absolute atomic E-state index is 7.93. The van der Waals surface area contributed by atoms with Crippen LogP contribution in [0.25, 0.3) is 63.4 Å². The van der Waals surface area contributed by atoms with Gasteiger partial charge in [-0.3, -0.25) is 14.5 Å². The molecule has 2 heterocycles. The molecular weight excluding hydrogens is 380 g/mol. The summed E-state index contributed by atoms with van der Waals surface area (Å²) in [6, 6.07) is 24.3. The molecule has 0 unspecified atom stereocenters. The Bertz CT molecular complexity index is 1870. The highest BCUT2D eigenvalue weighted by Gasteiger charge is 2.21. The monoisotopic (exact) mass is 392 g/mol. The Morgan fingerprint density at radius 1 is 0.548 bits per heavy atom. The van der Waals surface area contributed by atoms with E-state index in [4.69, 9.17) is 19.7 Å². The Labute approximate surface area is 177 Å². The second kappa shape index (κ2) is 6.07. The van der Waals surface area contributed by atoms with Crippen LogP contribution in [0.1, 0.15) is 0 Å². The Kier molecular flexibility index (Phi) is 3.34. The van der Waals surface area contributed by atoms with Crippen LogP contribution in [-0.2, 0) is 0 Å². The van der Waals surface area contributed by atoms with Crippen LogP contribution in [0.4, 0.5) is 17.1 Å². The van der Waals surface area contributed by atoms with Crippen LogP contribution in [0, 0.1) is 19.7 Å². The van der Waals surface area contributed by atoms with Gasteiger partial charge in [0.1, 0.15) is 0 Å². The van der Waals surface area contributed by atoms with Crippen molar-refractivity contribution in [1.29, 1.82) is 0 Å². The first-order valence-electron chi connectivity index (χ1n) is 9.73. The van der Waals surface area contributed by atoms with Crippen molar-refractivity contribution in [3.05, 3.63) is 107 Å². The van der Waals surface area contributed by atoms with E-state index in [2.05, 4.69) is 55.3 Å².